The van der Waals surface area contributed by atoms with E-state index in [0.29, 0.717) is 41.2 Å². The molecule has 0 unspecified atom stereocenters. The molecule has 0 bridgehead atoms. The number of rotatable bonds is 10. The van der Waals surface area contributed by atoms with Gasteiger partial charge >= 0.3 is 0 Å². The van der Waals surface area contributed by atoms with Crippen molar-refractivity contribution in [3.8, 4) is 23.0 Å². The van der Waals surface area contributed by atoms with Crippen LogP contribution in [0.15, 0.2) is 42.5 Å². The van der Waals surface area contributed by atoms with Gasteiger partial charge in [-0.2, -0.15) is 0 Å². The highest BCUT2D eigenvalue weighted by atomic mass is 16.5. The Labute approximate surface area is 172 Å². The average molecular weight is 399 g/mol. The van der Waals surface area contributed by atoms with E-state index in [-0.39, 0.29) is 5.91 Å². The summed E-state index contributed by atoms with van der Waals surface area (Å²) in [5.41, 5.74) is 1.39. The normalized spacial score (nSPS) is 10.8. The zero-order chi connectivity index (χ0) is 21.2. The summed E-state index contributed by atoms with van der Waals surface area (Å²) in [5.74, 6) is 2.80. The Bertz CT molecular complexity index is 845. The lowest BCUT2D eigenvalue weighted by atomic mass is 10.1. The van der Waals surface area contributed by atoms with E-state index in [1.54, 1.807) is 38.5 Å². The minimum Gasteiger partial charge on any atom is -0.497 e. The molecule has 0 radical (unpaired) electrons. The van der Waals surface area contributed by atoms with Crippen molar-refractivity contribution >= 4 is 17.7 Å². The van der Waals surface area contributed by atoms with Crippen molar-refractivity contribution in [3.63, 3.8) is 0 Å². The van der Waals surface area contributed by atoms with Crippen LogP contribution in [0.4, 0.5) is 5.69 Å². The van der Waals surface area contributed by atoms with Gasteiger partial charge in [-0.05, 0) is 48.2 Å². The fourth-order valence-electron chi connectivity index (χ4n) is 2.56. The monoisotopic (exact) mass is 399 g/mol. The van der Waals surface area contributed by atoms with E-state index < -0.39 is 0 Å². The van der Waals surface area contributed by atoms with E-state index in [0.717, 1.165) is 12.0 Å². The third-order valence-corrected chi connectivity index (χ3v) is 4.23. The maximum absolute atomic E-state index is 12.3. The van der Waals surface area contributed by atoms with Crippen LogP contribution < -0.4 is 24.3 Å². The van der Waals surface area contributed by atoms with Crippen molar-refractivity contribution in [2.45, 2.75) is 20.3 Å². The van der Waals surface area contributed by atoms with Gasteiger partial charge in [0.15, 0.2) is 11.5 Å². The minimum atomic E-state index is -0.273. The van der Waals surface area contributed by atoms with E-state index in [1.165, 1.54) is 13.2 Å². The first-order valence-electron chi connectivity index (χ1n) is 9.48. The number of ether oxygens (including phenoxy) is 4. The molecule has 0 aliphatic heterocycles. The van der Waals surface area contributed by atoms with Gasteiger partial charge < -0.3 is 24.3 Å². The van der Waals surface area contributed by atoms with Crippen molar-refractivity contribution < 1.29 is 23.7 Å². The highest BCUT2D eigenvalue weighted by Crippen LogP contribution is 2.30. The summed E-state index contributed by atoms with van der Waals surface area (Å²) in [4.78, 5) is 12.3. The van der Waals surface area contributed by atoms with E-state index in [9.17, 15) is 4.79 Å². The molecule has 0 aliphatic rings. The van der Waals surface area contributed by atoms with Crippen molar-refractivity contribution in [2.24, 2.45) is 5.92 Å². The summed E-state index contributed by atoms with van der Waals surface area (Å²) >= 11 is 0. The number of carbonyl (C=O) groups is 1. The number of methoxy groups -OCH3 is 3. The lowest BCUT2D eigenvalue weighted by Crippen LogP contribution is -2.09. The molecule has 156 valence electrons. The lowest BCUT2D eigenvalue weighted by molar-refractivity contribution is -0.111. The minimum absolute atomic E-state index is 0.273. The Balaban J connectivity index is 2.04. The maximum Gasteiger partial charge on any atom is 0.248 e. The molecule has 0 aliphatic carbocycles. The predicted molar refractivity (Wildman–Crippen MR) is 115 cm³/mol. The Hall–Kier alpha value is -3.15. The third kappa shape index (κ3) is 6.75. The van der Waals surface area contributed by atoms with Gasteiger partial charge in [-0.15, -0.1) is 0 Å². The van der Waals surface area contributed by atoms with Crippen LogP contribution in [0.3, 0.4) is 0 Å². The molecule has 0 saturated heterocycles. The van der Waals surface area contributed by atoms with Crippen LogP contribution in [0.25, 0.3) is 6.08 Å². The van der Waals surface area contributed by atoms with Crippen LogP contribution in [-0.2, 0) is 4.79 Å². The van der Waals surface area contributed by atoms with Crippen LogP contribution in [0.1, 0.15) is 25.8 Å². The van der Waals surface area contributed by atoms with E-state index in [1.807, 2.05) is 18.2 Å². The zero-order valence-electron chi connectivity index (χ0n) is 17.7. The Kier molecular flexibility index (Phi) is 8.40. The van der Waals surface area contributed by atoms with Crippen LogP contribution in [0.2, 0.25) is 0 Å². The standard InChI is InChI=1S/C23H29NO5/c1-16(2)12-13-29-20-10-6-17(14-22(20)28-5)7-11-23(25)24-19-9-8-18(26-3)15-21(19)27-4/h6-11,14-16H,12-13H2,1-5H3,(H,24,25). The lowest BCUT2D eigenvalue weighted by Gasteiger charge is -2.12. The van der Waals surface area contributed by atoms with Crippen LogP contribution >= 0.6 is 0 Å². The molecule has 1 N–H and O–H groups in total. The molecule has 2 rings (SSSR count). The Morgan fingerprint density at radius 3 is 2.38 bits per heavy atom. The van der Waals surface area contributed by atoms with E-state index in [2.05, 4.69) is 19.2 Å². The van der Waals surface area contributed by atoms with Gasteiger partial charge in [0.1, 0.15) is 11.5 Å². The van der Waals surface area contributed by atoms with E-state index >= 15 is 0 Å². The number of nitrogens with one attached hydrogen (secondary N) is 1. The second kappa shape index (κ2) is 11.0. The second-order valence-electron chi connectivity index (χ2n) is 6.83. The number of carbonyl (C=O) groups excluding carboxylic acids is 1. The van der Waals surface area contributed by atoms with Gasteiger partial charge in [0.25, 0.3) is 0 Å². The first-order valence-corrected chi connectivity index (χ1v) is 9.48. The van der Waals surface area contributed by atoms with Crippen LogP contribution in [-0.4, -0.2) is 33.8 Å². The third-order valence-electron chi connectivity index (χ3n) is 4.23. The summed E-state index contributed by atoms with van der Waals surface area (Å²) in [5, 5.41) is 2.80. The quantitative estimate of drug-likeness (QED) is 0.582. The SMILES string of the molecule is COc1ccc(NC(=O)C=Cc2ccc(OCCC(C)C)c(OC)c2)c(OC)c1. The van der Waals surface area contributed by atoms with Gasteiger partial charge in [-0.25, -0.2) is 0 Å². The van der Waals surface area contributed by atoms with Crippen molar-refractivity contribution in [1.82, 2.24) is 0 Å². The number of benzene rings is 2. The fourth-order valence-corrected chi connectivity index (χ4v) is 2.56. The predicted octanol–water partition coefficient (Wildman–Crippen LogP) is 4.79. The van der Waals surface area contributed by atoms with Crippen molar-refractivity contribution in [3.05, 3.63) is 48.0 Å². The molecular formula is C23H29NO5. The van der Waals surface area contributed by atoms with E-state index in [4.69, 9.17) is 18.9 Å². The summed E-state index contributed by atoms with van der Waals surface area (Å²) < 4.78 is 21.7. The molecule has 0 fully saturated rings. The molecule has 0 heterocycles. The van der Waals surface area contributed by atoms with Gasteiger partial charge in [-0.3, -0.25) is 4.79 Å². The average Bonchev–Trinajstić information content (AvgIpc) is 2.72. The Morgan fingerprint density at radius 2 is 1.72 bits per heavy atom. The fraction of sp³-hybridized carbons (Fsp3) is 0.348. The van der Waals surface area contributed by atoms with Crippen LogP contribution in [0.5, 0.6) is 23.0 Å². The van der Waals surface area contributed by atoms with Crippen LogP contribution in [0, 0.1) is 5.92 Å². The first kappa shape index (κ1) is 22.1. The van der Waals surface area contributed by atoms with Gasteiger partial charge in [-0.1, -0.05) is 19.9 Å². The zero-order valence-corrected chi connectivity index (χ0v) is 17.7. The summed E-state index contributed by atoms with van der Waals surface area (Å²) in [6, 6.07) is 10.8. The van der Waals surface area contributed by atoms with Gasteiger partial charge in [0.2, 0.25) is 5.91 Å². The number of amides is 1. The molecule has 0 spiro atoms. The summed E-state index contributed by atoms with van der Waals surface area (Å²) in [7, 11) is 4.71. The molecule has 2 aromatic carbocycles. The highest BCUT2D eigenvalue weighted by Gasteiger charge is 2.08. The number of hydrogen-bond donors (Lipinski definition) is 1. The summed E-state index contributed by atoms with van der Waals surface area (Å²) in [6.45, 7) is 4.94. The molecule has 29 heavy (non-hydrogen) atoms. The Morgan fingerprint density at radius 1 is 0.966 bits per heavy atom. The van der Waals surface area contributed by atoms with Crippen molar-refractivity contribution in [1.29, 1.82) is 0 Å². The highest BCUT2D eigenvalue weighted by molar-refractivity contribution is 6.02. The molecule has 1 amide bonds. The maximum atomic E-state index is 12.3. The molecule has 0 atom stereocenters. The summed E-state index contributed by atoms with van der Waals surface area (Å²) in [6.07, 6.45) is 4.14. The molecule has 0 saturated carbocycles. The molecular weight excluding hydrogens is 370 g/mol. The topological polar surface area (TPSA) is 66.0 Å². The molecule has 6 heteroatoms. The van der Waals surface area contributed by atoms with Gasteiger partial charge in [0.05, 0.1) is 33.6 Å². The molecule has 6 nitrogen and oxygen atoms in total. The first-order chi connectivity index (χ1) is 14.0. The van der Waals surface area contributed by atoms with Crippen molar-refractivity contribution in [2.75, 3.05) is 33.3 Å². The molecule has 2 aromatic rings. The smallest absolute Gasteiger partial charge is 0.248 e. The number of anilines is 1. The number of hydrogen-bond acceptors (Lipinski definition) is 5. The van der Waals surface area contributed by atoms with Gasteiger partial charge in [0, 0.05) is 12.1 Å². The largest absolute Gasteiger partial charge is 0.497 e. The second-order valence-corrected chi connectivity index (χ2v) is 6.83. The molecule has 0 aromatic heterocycles.